The van der Waals surface area contributed by atoms with Crippen LogP contribution in [0.3, 0.4) is 0 Å². The molecule has 0 aliphatic rings. The van der Waals surface area contributed by atoms with Gasteiger partial charge in [0.05, 0.1) is 0 Å². The van der Waals surface area contributed by atoms with Crippen LogP contribution in [0.5, 0.6) is 0 Å². The normalized spacial score (nSPS) is 12.2. The lowest BCUT2D eigenvalue weighted by atomic mass is 10.1. The Morgan fingerprint density at radius 3 is 2.61 bits per heavy atom. The topological polar surface area (TPSA) is 37.8 Å². The molecule has 5 heteroatoms. The van der Waals surface area contributed by atoms with Crippen molar-refractivity contribution in [2.24, 2.45) is 0 Å². The molecule has 0 aliphatic heterocycles. The minimum absolute atomic E-state index is 0.211. The Labute approximate surface area is 120 Å². The van der Waals surface area contributed by atoms with Crippen LogP contribution in [0.25, 0.3) is 0 Å². The van der Waals surface area contributed by atoms with Gasteiger partial charge in [-0.2, -0.15) is 0 Å². The monoisotopic (exact) mass is 323 g/mol. The number of anilines is 1. The standard InChI is InChI=1S/C13H14BrN3S/c1-9(10-3-5-11(14)6-4-10)17-12-7-13(18-2)16-8-15-12/h3-9H,1-2H3,(H,15,16,17). The van der Waals surface area contributed by atoms with Gasteiger partial charge in [0.1, 0.15) is 17.2 Å². The Hall–Kier alpha value is -1.07. The van der Waals surface area contributed by atoms with Crippen LogP contribution in [0.4, 0.5) is 5.82 Å². The molecular formula is C13H14BrN3S. The van der Waals surface area contributed by atoms with Gasteiger partial charge >= 0.3 is 0 Å². The molecule has 0 saturated heterocycles. The number of nitrogens with one attached hydrogen (secondary N) is 1. The van der Waals surface area contributed by atoms with E-state index in [0.29, 0.717) is 0 Å². The van der Waals surface area contributed by atoms with Crippen LogP contribution in [0, 0.1) is 0 Å². The Morgan fingerprint density at radius 2 is 1.94 bits per heavy atom. The smallest absolute Gasteiger partial charge is 0.130 e. The van der Waals surface area contributed by atoms with Crippen LogP contribution < -0.4 is 5.32 Å². The van der Waals surface area contributed by atoms with Crippen molar-refractivity contribution < 1.29 is 0 Å². The predicted molar refractivity (Wildman–Crippen MR) is 80.0 cm³/mol. The molecule has 1 unspecified atom stereocenters. The highest BCUT2D eigenvalue weighted by atomic mass is 79.9. The Balaban J connectivity index is 2.10. The van der Waals surface area contributed by atoms with E-state index in [1.165, 1.54) is 5.56 Å². The molecule has 0 spiro atoms. The second-order valence-corrected chi connectivity index (χ2v) is 5.61. The van der Waals surface area contributed by atoms with Crippen molar-refractivity contribution >= 4 is 33.5 Å². The molecule has 0 aliphatic carbocycles. The van der Waals surface area contributed by atoms with Crippen molar-refractivity contribution in [3.8, 4) is 0 Å². The predicted octanol–water partition coefficient (Wildman–Crippen LogP) is 4.13. The Kier molecular flexibility index (Phi) is 4.60. The van der Waals surface area contributed by atoms with E-state index in [4.69, 9.17) is 0 Å². The van der Waals surface area contributed by atoms with Crippen LogP contribution >= 0.6 is 27.7 Å². The van der Waals surface area contributed by atoms with E-state index < -0.39 is 0 Å². The molecule has 0 amide bonds. The molecule has 0 fully saturated rings. The first-order chi connectivity index (χ1) is 8.69. The molecule has 1 aromatic heterocycles. The zero-order valence-corrected chi connectivity index (χ0v) is 12.6. The fourth-order valence-corrected chi connectivity index (χ4v) is 2.23. The van der Waals surface area contributed by atoms with E-state index in [2.05, 4.69) is 50.3 Å². The van der Waals surface area contributed by atoms with E-state index in [1.807, 2.05) is 24.5 Å². The third-order valence-electron chi connectivity index (χ3n) is 2.59. The third-order valence-corrected chi connectivity index (χ3v) is 3.76. The molecule has 3 nitrogen and oxygen atoms in total. The lowest BCUT2D eigenvalue weighted by Crippen LogP contribution is -2.08. The zero-order valence-electron chi connectivity index (χ0n) is 10.2. The van der Waals surface area contributed by atoms with Crippen molar-refractivity contribution in [2.75, 3.05) is 11.6 Å². The summed E-state index contributed by atoms with van der Waals surface area (Å²) in [5.41, 5.74) is 1.22. The number of aromatic nitrogens is 2. The Morgan fingerprint density at radius 1 is 1.22 bits per heavy atom. The molecule has 0 bridgehead atoms. The van der Waals surface area contributed by atoms with Crippen molar-refractivity contribution in [1.29, 1.82) is 0 Å². The molecule has 1 aromatic carbocycles. The first kappa shape index (κ1) is 13.4. The number of hydrogen-bond donors (Lipinski definition) is 1. The zero-order chi connectivity index (χ0) is 13.0. The summed E-state index contributed by atoms with van der Waals surface area (Å²) in [7, 11) is 0. The largest absolute Gasteiger partial charge is 0.363 e. The van der Waals surface area contributed by atoms with E-state index in [0.717, 1.165) is 15.3 Å². The second-order valence-electron chi connectivity index (χ2n) is 3.86. The van der Waals surface area contributed by atoms with E-state index >= 15 is 0 Å². The first-order valence-corrected chi connectivity index (χ1v) is 7.59. The average molecular weight is 324 g/mol. The van der Waals surface area contributed by atoms with E-state index in [9.17, 15) is 0 Å². The highest BCUT2D eigenvalue weighted by Gasteiger charge is 2.06. The third kappa shape index (κ3) is 3.46. The Bertz CT molecular complexity index is 516. The van der Waals surface area contributed by atoms with Gasteiger partial charge in [0.25, 0.3) is 0 Å². The molecule has 2 aromatic rings. The van der Waals surface area contributed by atoms with Crippen molar-refractivity contribution in [2.45, 2.75) is 18.0 Å². The molecule has 18 heavy (non-hydrogen) atoms. The summed E-state index contributed by atoms with van der Waals surface area (Å²) >= 11 is 5.05. The van der Waals surface area contributed by atoms with Crippen molar-refractivity contribution in [3.05, 3.63) is 46.7 Å². The molecule has 1 N–H and O–H groups in total. The molecule has 94 valence electrons. The summed E-state index contributed by atoms with van der Waals surface area (Å²) in [6.45, 7) is 2.12. The van der Waals surface area contributed by atoms with Crippen LogP contribution in [0.1, 0.15) is 18.5 Å². The summed E-state index contributed by atoms with van der Waals surface area (Å²) in [4.78, 5) is 8.38. The summed E-state index contributed by atoms with van der Waals surface area (Å²) in [5, 5.41) is 4.34. The fraction of sp³-hybridized carbons (Fsp3) is 0.231. The first-order valence-electron chi connectivity index (χ1n) is 5.57. The highest BCUT2D eigenvalue weighted by Crippen LogP contribution is 2.21. The van der Waals surface area contributed by atoms with E-state index in [1.54, 1.807) is 18.1 Å². The molecular weight excluding hydrogens is 310 g/mol. The quantitative estimate of drug-likeness (QED) is 0.678. The number of benzene rings is 1. The van der Waals surface area contributed by atoms with Crippen molar-refractivity contribution in [3.63, 3.8) is 0 Å². The van der Waals surface area contributed by atoms with Gasteiger partial charge in [-0.05, 0) is 30.9 Å². The summed E-state index contributed by atoms with van der Waals surface area (Å²) in [6, 6.07) is 10.4. The van der Waals surface area contributed by atoms with E-state index in [-0.39, 0.29) is 6.04 Å². The molecule has 0 radical (unpaired) electrons. The molecule has 1 heterocycles. The van der Waals surface area contributed by atoms with Gasteiger partial charge in [-0.15, -0.1) is 11.8 Å². The number of halogens is 1. The SMILES string of the molecule is CSc1cc(NC(C)c2ccc(Br)cc2)ncn1. The van der Waals surface area contributed by atoms with Crippen molar-refractivity contribution in [1.82, 2.24) is 9.97 Å². The lowest BCUT2D eigenvalue weighted by Gasteiger charge is -2.15. The summed E-state index contributed by atoms with van der Waals surface area (Å²) in [5.74, 6) is 0.852. The van der Waals surface area contributed by atoms with Gasteiger partial charge in [-0.3, -0.25) is 0 Å². The average Bonchev–Trinajstić information content (AvgIpc) is 2.39. The number of hydrogen-bond acceptors (Lipinski definition) is 4. The number of thioether (sulfide) groups is 1. The second kappa shape index (κ2) is 6.20. The van der Waals surface area contributed by atoms with Crippen LogP contribution in [-0.2, 0) is 0 Å². The van der Waals surface area contributed by atoms with Gasteiger partial charge in [0, 0.05) is 16.6 Å². The molecule has 2 rings (SSSR count). The van der Waals surface area contributed by atoms with Gasteiger partial charge in [-0.1, -0.05) is 28.1 Å². The highest BCUT2D eigenvalue weighted by molar-refractivity contribution is 9.10. The summed E-state index contributed by atoms with van der Waals surface area (Å²) in [6.07, 6.45) is 3.59. The van der Waals surface area contributed by atoms with Gasteiger partial charge < -0.3 is 5.32 Å². The van der Waals surface area contributed by atoms with Gasteiger partial charge in [0.2, 0.25) is 0 Å². The molecule has 1 atom stereocenters. The lowest BCUT2D eigenvalue weighted by molar-refractivity contribution is 0.866. The van der Waals surface area contributed by atoms with Gasteiger partial charge in [0.15, 0.2) is 0 Å². The van der Waals surface area contributed by atoms with Crippen LogP contribution in [-0.4, -0.2) is 16.2 Å². The maximum Gasteiger partial charge on any atom is 0.130 e. The molecule has 0 saturated carbocycles. The van der Waals surface area contributed by atoms with Gasteiger partial charge in [-0.25, -0.2) is 9.97 Å². The maximum atomic E-state index is 4.23. The number of nitrogens with zero attached hydrogens (tertiary/aromatic N) is 2. The minimum atomic E-state index is 0.211. The van der Waals surface area contributed by atoms with Crippen LogP contribution in [0.15, 0.2) is 46.2 Å². The minimum Gasteiger partial charge on any atom is -0.363 e. The summed E-state index contributed by atoms with van der Waals surface area (Å²) < 4.78 is 1.09. The fourth-order valence-electron chi connectivity index (χ4n) is 1.59. The van der Waals surface area contributed by atoms with Crippen LogP contribution in [0.2, 0.25) is 0 Å². The maximum absolute atomic E-state index is 4.23. The number of rotatable bonds is 4.